The van der Waals surface area contributed by atoms with Gasteiger partial charge in [0.2, 0.25) is 0 Å². The van der Waals surface area contributed by atoms with Gasteiger partial charge >= 0.3 is 0 Å². The largest absolute Gasteiger partial charge is 0.494 e. The van der Waals surface area contributed by atoms with Gasteiger partial charge in [-0.15, -0.1) is 0 Å². The van der Waals surface area contributed by atoms with Crippen LogP contribution in [0.2, 0.25) is 0 Å². The number of benzene rings is 4. The molecule has 0 bridgehead atoms. The number of carbonyl (C=O) groups is 1. The van der Waals surface area contributed by atoms with E-state index < -0.39 is 0 Å². The van der Waals surface area contributed by atoms with Crippen molar-refractivity contribution in [1.29, 1.82) is 0 Å². The molecule has 4 aromatic carbocycles. The lowest BCUT2D eigenvalue weighted by Crippen LogP contribution is -2.42. The average Bonchev–Trinajstić information content (AvgIpc) is 2.94. The third-order valence-corrected chi connectivity index (χ3v) is 7.01. The maximum absolute atomic E-state index is 12.3. The van der Waals surface area contributed by atoms with Crippen LogP contribution < -0.4 is 20.1 Å². The standard InChI is InChI=1S/C32H34N2O3/c1-23-7-2-5-10-29(23)32(35)34-18-6-20-36-27-14-12-25(13-15-27)30-17-19-33-22-31(30)37-28-16-11-24-8-3-4-9-26(24)21-28/h2-5,7-16,21,30-31,33H,6,17-20,22H2,1H3,(H,34,35). The quantitative estimate of drug-likeness (QED) is 0.286. The molecule has 1 aliphatic heterocycles. The van der Waals surface area contributed by atoms with Crippen molar-refractivity contribution in [3.63, 3.8) is 0 Å². The van der Waals surface area contributed by atoms with E-state index in [-0.39, 0.29) is 12.0 Å². The third kappa shape index (κ3) is 6.30. The minimum atomic E-state index is -0.0371. The Bertz CT molecular complexity index is 1340. The fraction of sp³-hybridized carbons (Fsp3) is 0.281. The number of fused-ring (bicyclic) bond motifs is 1. The maximum Gasteiger partial charge on any atom is 0.251 e. The summed E-state index contributed by atoms with van der Waals surface area (Å²) >= 11 is 0. The van der Waals surface area contributed by atoms with Crippen LogP contribution in [0.15, 0.2) is 91.0 Å². The Balaban J connectivity index is 1.12. The Morgan fingerprint density at radius 1 is 0.919 bits per heavy atom. The fourth-order valence-electron chi connectivity index (χ4n) is 4.95. The molecule has 0 saturated carbocycles. The second-order valence-electron chi connectivity index (χ2n) is 9.61. The van der Waals surface area contributed by atoms with Crippen LogP contribution in [0.1, 0.15) is 40.2 Å². The van der Waals surface area contributed by atoms with Gasteiger partial charge in [0.25, 0.3) is 5.91 Å². The van der Waals surface area contributed by atoms with E-state index in [0.717, 1.165) is 48.6 Å². The van der Waals surface area contributed by atoms with E-state index in [2.05, 4.69) is 65.2 Å². The van der Waals surface area contributed by atoms with E-state index in [4.69, 9.17) is 9.47 Å². The number of nitrogens with one attached hydrogen (secondary N) is 2. The molecule has 5 heteroatoms. The highest BCUT2D eigenvalue weighted by Gasteiger charge is 2.28. The molecule has 1 aliphatic rings. The molecular weight excluding hydrogens is 460 g/mol. The molecule has 0 aromatic heterocycles. The first kappa shape index (κ1) is 24.8. The zero-order valence-corrected chi connectivity index (χ0v) is 21.3. The minimum Gasteiger partial charge on any atom is -0.494 e. The van der Waals surface area contributed by atoms with Gasteiger partial charge in [-0.05, 0) is 78.5 Å². The van der Waals surface area contributed by atoms with Crippen molar-refractivity contribution in [1.82, 2.24) is 10.6 Å². The van der Waals surface area contributed by atoms with E-state index >= 15 is 0 Å². The molecule has 0 radical (unpaired) electrons. The van der Waals surface area contributed by atoms with Crippen LogP contribution >= 0.6 is 0 Å². The topological polar surface area (TPSA) is 59.6 Å². The Labute approximate surface area is 218 Å². The van der Waals surface area contributed by atoms with E-state index in [9.17, 15) is 4.79 Å². The first-order valence-electron chi connectivity index (χ1n) is 13.1. The molecule has 4 aromatic rings. The zero-order valence-electron chi connectivity index (χ0n) is 21.3. The summed E-state index contributed by atoms with van der Waals surface area (Å²) in [5.74, 6) is 2.03. The highest BCUT2D eigenvalue weighted by molar-refractivity contribution is 5.95. The summed E-state index contributed by atoms with van der Waals surface area (Å²) in [4.78, 5) is 12.3. The fourth-order valence-corrected chi connectivity index (χ4v) is 4.95. The molecule has 1 heterocycles. The number of hydrogen-bond donors (Lipinski definition) is 2. The highest BCUT2D eigenvalue weighted by Crippen LogP contribution is 2.31. The smallest absolute Gasteiger partial charge is 0.251 e. The number of ether oxygens (including phenoxy) is 2. The number of piperidine rings is 1. The highest BCUT2D eigenvalue weighted by atomic mass is 16.5. The van der Waals surface area contributed by atoms with E-state index in [1.165, 1.54) is 16.3 Å². The molecule has 0 aliphatic carbocycles. The van der Waals surface area contributed by atoms with Crippen LogP contribution in [0.3, 0.4) is 0 Å². The number of aryl methyl sites for hydroxylation is 1. The van der Waals surface area contributed by atoms with Crippen LogP contribution in [0.25, 0.3) is 10.8 Å². The lowest BCUT2D eigenvalue weighted by atomic mass is 9.87. The number of carbonyl (C=O) groups excluding carboxylic acids is 1. The Hall–Kier alpha value is -3.83. The summed E-state index contributed by atoms with van der Waals surface area (Å²) in [6.07, 6.45) is 1.84. The van der Waals surface area contributed by atoms with Gasteiger partial charge in [0, 0.05) is 24.6 Å². The van der Waals surface area contributed by atoms with Crippen molar-refractivity contribution in [3.8, 4) is 11.5 Å². The Kier molecular flexibility index (Phi) is 8.02. The molecule has 1 amide bonds. The Morgan fingerprint density at radius 3 is 2.51 bits per heavy atom. The van der Waals surface area contributed by atoms with Gasteiger partial charge in [0.05, 0.1) is 6.61 Å². The van der Waals surface area contributed by atoms with Gasteiger partial charge in [-0.25, -0.2) is 0 Å². The molecule has 2 atom stereocenters. The Morgan fingerprint density at radius 2 is 1.68 bits per heavy atom. The van der Waals surface area contributed by atoms with Crippen molar-refractivity contribution in [2.24, 2.45) is 0 Å². The summed E-state index contributed by atoms with van der Waals surface area (Å²) in [5, 5.41) is 8.87. The van der Waals surface area contributed by atoms with Crippen molar-refractivity contribution in [2.75, 3.05) is 26.2 Å². The predicted octanol–water partition coefficient (Wildman–Crippen LogP) is 5.87. The van der Waals surface area contributed by atoms with Crippen LogP contribution in [0.4, 0.5) is 0 Å². The van der Waals surface area contributed by atoms with Crippen molar-refractivity contribution >= 4 is 16.7 Å². The summed E-state index contributed by atoms with van der Waals surface area (Å²) in [5.41, 5.74) is 2.97. The summed E-state index contributed by atoms with van der Waals surface area (Å²) in [6, 6.07) is 30.7. The maximum atomic E-state index is 12.3. The van der Waals surface area contributed by atoms with Gasteiger partial charge in [-0.2, -0.15) is 0 Å². The van der Waals surface area contributed by atoms with Gasteiger partial charge in [0.1, 0.15) is 17.6 Å². The number of rotatable bonds is 9. The summed E-state index contributed by atoms with van der Waals surface area (Å²) < 4.78 is 12.4. The normalized spacial score (nSPS) is 17.3. The summed E-state index contributed by atoms with van der Waals surface area (Å²) in [6.45, 7) is 4.88. The molecule has 5 nitrogen and oxygen atoms in total. The van der Waals surface area contributed by atoms with Crippen LogP contribution in [0.5, 0.6) is 11.5 Å². The predicted molar refractivity (Wildman–Crippen MR) is 149 cm³/mol. The molecule has 1 fully saturated rings. The average molecular weight is 495 g/mol. The molecule has 2 N–H and O–H groups in total. The van der Waals surface area contributed by atoms with Crippen LogP contribution in [0, 0.1) is 6.92 Å². The van der Waals surface area contributed by atoms with E-state index in [0.29, 0.717) is 19.1 Å². The second kappa shape index (κ2) is 11.9. The summed E-state index contributed by atoms with van der Waals surface area (Å²) in [7, 11) is 0. The molecule has 5 rings (SSSR count). The first-order valence-corrected chi connectivity index (χ1v) is 13.1. The van der Waals surface area contributed by atoms with Gasteiger partial charge in [0.15, 0.2) is 0 Å². The molecular formula is C32H34N2O3. The SMILES string of the molecule is Cc1ccccc1C(=O)NCCCOc1ccc(C2CCNCC2Oc2ccc3ccccc3c2)cc1. The van der Waals surface area contributed by atoms with Gasteiger partial charge in [-0.1, -0.05) is 60.7 Å². The first-order chi connectivity index (χ1) is 18.2. The van der Waals surface area contributed by atoms with E-state index in [1.807, 2.05) is 43.3 Å². The van der Waals surface area contributed by atoms with Crippen molar-refractivity contribution < 1.29 is 14.3 Å². The second-order valence-corrected chi connectivity index (χ2v) is 9.61. The molecule has 37 heavy (non-hydrogen) atoms. The minimum absolute atomic E-state index is 0.0371. The third-order valence-electron chi connectivity index (χ3n) is 7.01. The van der Waals surface area contributed by atoms with Gasteiger partial charge in [-0.3, -0.25) is 4.79 Å². The van der Waals surface area contributed by atoms with Crippen molar-refractivity contribution in [3.05, 3.63) is 108 Å². The lowest BCUT2D eigenvalue weighted by Gasteiger charge is -2.33. The van der Waals surface area contributed by atoms with Gasteiger partial charge < -0.3 is 20.1 Å². The number of amides is 1. The van der Waals surface area contributed by atoms with Crippen molar-refractivity contribution in [2.45, 2.75) is 31.8 Å². The molecule has 0 spiro atoms. The van der Waals surface area contributed by atoms with Crippen LogP contribution in [-0.2, 0) is 0 Å². The molecule has 190 valence electrons. The zero-order chi connectivity index (χ0) is 25.5. The monoisotopic (exact) mass is 494 g/mol. The van der Waals surface area contributed by atoms with E-state index in [1.54, 1.807) is 0 Å². The molecule has 1 saturated heterocycles. The lowest BCUT2D eigenvalue weighted by molar-refractivity contribution is 0.0951. The molecule has 2 unspecified atom stereocenters. The number of hydrogen-bond acceptors (Lipinski definition) is 4. The van der Waals surface area contributed by atoms with Crippen LogP contribution in [-0.4, -0.2) is 38.3 Å².